The molecule has 4 rings (SSSR count). The van der Waals surface area contributed by atoms with Gasteiger partial charge in [-0.2, -0.15) is 12.6 Å². The Hall–Kier alpha value is -5.67. The van der Waals surface area contributed by atoms with E-state index in [-0.39, 0.29) is 128 Å². The molecule has 0 spiro atoms. The van der Waals surface area contributed by atoms with E-state index in [0.717, 1.165) is 11.1 Å². The van der Waals surface area contributed by atoms with Gasteiger partial charge in [0.15, 0.2) is 11.6 Å². The molecule has 2 saturated heterocycles. The summed E-state index contributed by atoms with van der Waals surface area (Å²) in [6.45, 7) is 15.0. The maximum atomic E-state index is 14.8. The number of rotatable bonds is 41. The molecule has 2 aliphatic heterocycles. The van der Waals surface area contributed by atoms with Gasteiger partial charge in [-0.15, -0.1) is 0 Å². The second-order valence-electron chi connectivity index (χ2n) is 24.5. The number of likely N-dealkylation sites (N-methyl/N-ethyl adjacent to an activating group) is 2. The average molecular weight is 1220 g/mol. The Kier molecular flexibility index (Phi) is 31.5. The van der Waals surface area contributed by atoms with Gasteiger partial charge in [0.05, 0.1) is 61.8 Å². The van der Waals surface area contributed by atoms with Gasteiger partial charge < -0.3 is 34.7 Å². The number of carbonyl (C=O) groups excluding carboxylic acids is 10. The first kappa shape index (κ1) is 72.8. The first-order valence-electron chi connectivity index (χ1n) is 31.2. The van der Waals surface area contributed by atoms with Gasteiger partial charge in [-0.05, 0) is 81.0 Å². The molecule has 2 aromatic carbocycles. The number of ether oxygens (including phenoxy) is 2. The van der Waals surface area contributed by atoms with Gasteiger partial charge in [0.1, 0.15) is 12.1 Å². The minimum Gasteiger partial charge on any atom is -0.379 e. The number of ketones is 3. The van der Waals surface area contributed by atoms with Crippen LogP contribution in [0.3, 0.4) is 0 Å². The van der Waals surface area contributed by atoms with Gasteiger partial charge in [-0.25, -0.2) is 0 Å². The van der Waals surface area contributed by atoms with E-state index in [4.69, 9.17) is 9.47 Å². The van der Waals surface area contributed by atoms with Crippen molar-refractivity contribution in [1.82, 2.24) is 35.6 Å². The number of nitrogens with zero attached hydrogens (tertiary/aromatic N) is 4. The number of hydrogen-bond acceptors (Lipinski definition) is 15. The van der Waals surface area contributed by atoms with E-state index in [2.05, 4.69) is 28.6 Å². The summed E-state index contributed by atoms with van der Waals surface area (Å²) in [6, 6.07) is 16.4. The Morgan fingerprint density at radius 3 is 2.05 bits per heavy atom. The van der Waals surface area contributed by atoms with Crippen molar-refractivity contribution < 1.29 is 57.4 Å². The fourth-order valence-corrected chi connectivity index (χ4v) is 12.6. The average Bonchev–Trinajstić information content (AvgIpc) is 2.52. The first-order valence-corrected chi connectivity index (χ1v) is 31.8. The molecule has 0 saturated carbocycles. The Morgan fingerprint density at radius 1 is 0.791 bits per heavy atom. The SMILES string of the molecule is CC[C@H](C)[C@@H]([C@@H](CC(=O)N1CCC[C@H]1[C@H](OC)[C@@H](C)C(=O)C[C@@H](Cc1ccccc1)C(=O)NCc1ccccc1)OC)N(C)C(=O)[C@@H](CC(=O)[C@H](C(C)C)N(C)CCCC(=O)CNC(=O)CCCCCN1C(=O)CC(N[C@H](C=O)CS)C1=O)C(C)C. The van der Waals surface area contributed by atoms with Crippen LogP contribution in [0.15, 0.2) is 60.7 Å². The van der Waals surface area contributed by atoms with Crippen LogP contribution >= 0.6 is 12.6 Å². The zero-order chi connectivity index (χ0) is 63.6. The molecule has 2 fully saturated rings. The molecule has 2 aliphatic rings. The standard InChI is InChI=1S/C66H101N7O12S/c1-12-45(6)62(57(84-10)38-60(80)72-33-23-29-54(72)63(85-11)46(7)55(76)35-49(34-47-24-16-13-17-25-47)64(81)68-39-48-26-18-14-19-27-48)71(9)65(82)52(43(2)3)36-56(77)61(44(4)5)70(8)31-22-28-51(75)40-67-58(78)30-20-15-21-32-73-59(79)37-53(66(73)83)69-50(41-74)42-86/h13-14,16-19,24-27,41,43-46,49-50,52-54,57,61-63,69,86H,12,15,20-23,28-40,42H2,1-11H3,(H,67,78)(H,68,81)/t45-,46-,49+,50+,52-,53?,54-,57+,61-,62-,63+/m0/s1. The lowest BCUT2D eigenvalue weighted by molar-refractivity contribution is -0.149. The number of nitrogens with one attached hydrogen (secondary N) is 3. The molecule has 11 atom stereocenters. The van der Waals surface area contributed by atoms with Crippen LogP contribution in [-0.2, 0) is 70.4 Å². The zero-order valence-corrected chi connectivity index (χ0v) is 54.0. The summed E-state index contributed by atoms with van der Waals surface area (Å²) in [4.78, 5) is 140. The Balaban J connectivity index is 1.31. The topological polar surface area (TPSA) is 238 Å². The van der Waals surface area contributed by atoms with Crippen molar-refractivity contribution in [3.05, 3.63) is 71.8 Å². The van der Waals surface area contributed by atoms with Crippen LogP contribution in [0.2, 0.25) is 0 Å². The van der Waals surface area contributed by atoms with E-state index in [1.165, 1.54) is 4.90 Å². The third-order valence-corrected chi connectivity index (χ3v) is 17.9. The van der Waals surface area contributed by atoms with Crippen LogP contribution in [0.4, 0.5) is 0 Å². The van der Waals surface area contributed by atoms with E-state index < -0.39 is 60.2 Å². The molecule has 3 N–H and O–H groups in total. The Labute approximate surface area is 517 Å². The molecule has 86 heavy (non-hydrogen) atoms. The summed E-state index contributed by atoms with van der Waals surface area (Å²) in [7, 11) is 6.69. The molecule has 0 aromatic heterocycles. The lowest BCUT2D eigenvalue weighted by Gasteiger charge is -2.41. The van der Waals surface area contributed by atoms with Gasteiger partial charge in [0, 0.05) is 90.1 Å². The summed E-state index contributed by atoms with van der Waals surface area (Å²) in [6.07, 6.45) is 4.10. The smallest absolute Gasteiger partial charge is 0.246 e. The summed E-state index contributed by atoms with van der Waals surface area (Å²) in [5, 5.41) is 8.60. The van der Waals surface area contributed by atoms with Crippen molar-refractivity contribution in [3.8, 4) is 0 Å². The lowest BCUT2D eigenvalue weighted by Crippen LogP contribution is -2.54. The summed E-state index contributed by atoms with van der Waals surface area (Å²) < 4.78 is 12.3. The monoisotopic (exact) mass is 1220 g/mol. The highest BCUT2D eigenvalue weighted by molar-refractivity contribution is 7.80. The predicted molar refractivity (Wildman–Crippen MR) is 335 cm³/mol. The predicted octanol–water partition coefficient (Wildman–Crippen LogP) is 6.47. The molecule has 2 heterocycles. The molecular weight excluding hydrogens is 1110 g/mol. The second-order valence-corrected chi connectivity index (χ2v) is 24.9. The normalized spacial score (nSPS) is 18.5. The highest BCUT2D eigenvalue weighted by Gasteiger charge is 2.44. The van der Waals surface area contributed by atoms with Crippen molar-refractivity contribution in [2.75, 3.05) is 60.2 Å². The number of hydrogen-bond donors (Lipinski definition) is 4. The fourth-order valence-electron chi connectivity index (χ4n) is 12.4. The number of benzene rings is 2. The Bertz CT molecular complexity index is 2520. The number of methoxy groups -OCH3 is 2. The fraction of sp³-hybridized carbons (Fsp3) is 0.667. The molecule has 20 heteroatoms. The highest BCUT2D eigenvalue weighted by atomic mass is 32.1. The lowest BCUT2D eigenvalue weighted by atomic mass is 9.83. The maximum Gasteiger partial charge on any atom is 0.246 e. The number of likely N-dealkylation sites (tertiary alicyclic amines) is 2. The van der Waals surface area contributed by atoms with Crippen molar-refractivity contribution in [3.63, 3.8) is 0 Å². The third kappa shape index (κ3) is 21.9. The minimum atomic E-state index is -0.754. The van der Waals surface area contributed by atoms with E-state index >= 15 is 0 Å². The van der Waals surface area contributed by atoms with E-state index in [0.29, 0.717) is 77.3 Å². The zero-order valence-electron chi connectivity index (χ0n) is 53.1. The molecule has 0 radical (unpaired) electrons. The van der Waals surface area contributed by atoms with E-state index in [9.17, 15) is 47.9 Å². The Morgan fingerprint density at radius 2 is 1.45 bits per heavy atom. The number of carbonyl (C=O) groups is 10. The van der Waals surface area contributed by atoms with Crippen molar-refractivity contribution in [1.29, 1.82) is 0 Å². The maximum absolute atomic E-state index is 14.8. The number of Topliss-reactive ketones (excluding diaryl/α,β-unsaturated/α-hetero) is 3. The first-order chi connectivity index (χ1) is 41.0. The number of amides is 6. The minimum absolute atomic E-state index is 0.00157. The molecule has 19 nitrogen and oxygen atoms in total. The van der Waals surface area contributed by atoms with Crippen molar-refractivity contribution >= 4 is 71.7 Å². The van der Waals surface area contributed by atoms with Crippen LogP contribution in [-0.4, -0.2) is 181 Å². The van der Waals surface area contributed by atoms with Crippen LogP contribution in [0.1, 0.15) is 143 Å². The number of unbranched alkanes of at least 4 members (excludes halogenated alkanes) is 2. The summed E-state index contributed by atoms with van der Waals surface area (Å²) in [5.74, 6) is -4.05. The van der Waals surface area contributed by atoms with Crippen LogP contribution in [0, 0.1) is 35.5 Å². The number of thiol groups is 1. The molecular formula is C66H101N7O12S. The van der Waals surface area contributed by atoms with Crippen molar-refractivity contribution in [2.24, 2.45) is 35.5 Å². The van der Waals surface area contributed by atoms with Gasteiger partial charge >= 0.3 is 0 Å². The van der Waals surface area contributed by atoms with Gasteiger partial charge in [-0.1, -0.05) is 122 Å². The summed E-state index contributed by atoms with van der Waals surface area (Å²) in [5.41, 5.74) is 1.90. The van der Waals surface area contributed by atoms with Crippen LogP contribution in [0.5, 0.6) is 0 Å². The second kappa shape index (κ2) is 37.2. The number of aldehydes is 1. The molecule has 478 valence electrons. The largest absolute Gasteiger partial charge is 0.379 e. The van der Waals surface area contributed by atoms with Crippen LogP contribution in [0.25, 0.3) is 0 Å². The quantitative estimate of drug-likeness (QED) is 0.0242. The molecule has 1 unspecified atom stereocenters. The molecule has 0 bridgehead atoms. The summed E-state index contributed by atoms with van der Waals surface area (Å²) >= 11 is 4.09. The molecule has 6 amide bonds. The molecule has 2 aromatic rings. The van der Waals surface area contributed by atoms with Gasteiger partial charge in [0.2, 0.25) is 35.4 Å². The van der Waals surface area contributed by atoms with E-state index in [1.807, 2.05) is 121 Å². The van der Waals surface area contributed by atoms with Crippen molar-refractivity contribution in [2.45, 2.75) is 187 Å². The van der Waals surface area contributed by atoms with Gasteiger partial charge in [-0.3, -0.25) is 58.3 Å². The van der Waals surface area contributed by atoms with E-state index in [1.54, 1.807) is 31.1 Å². The number of imide groups is 1. The van der Waals surface area contributed by atoms with Crippen LogP contribution < -0.4 is 16.0 Å². The molecule has 0 aliphatic carbocycles. The van der Waals surface area contributed by atoms with Gasteiger partial charge in [0.25, 0.3) is 0 Å². The third-order valence-electron chi connectivity index (χ3n) is 17.5. The highest BCUT2D eigenvalue weighted by Crippen LogP contribution is 2.32.